The SMILES string of the molecule is O=C(O)C(O)(C[N+](=O)[O-])c1cccs1. The third-order valence-corrected chi connectivity index (χ3v) is 2.66. The van der Waals surface area contributed by atoms with Gasteiger partial charge >= 0.3 is 5.97 Å². The highest BCUT2D eigenvalue weighted by atomic mass is 32.1. The van der Waals surface area contributed by atoms with Gasteiger partial charge in [0.05, 0.1) is 4.88 Å². The average molecular weight is 217 g/mol. The number of aliphatic carboxylic acids is 1. The van der Waals surface area contributed by atoms with Crippen molar-refractivity contribution in [2.45, 2.75) is 5.60 Å². The zero-order valence-electron chi connectivity index (χ0n) is 6.91. The standard InChI is InChI=1S/C7H7NO5S/c9-6(10)7(11,4-8(12)13)5-2-1-3-14-5/h1-3,11H,4H2,(H,9,10). The Morgan fingerprint density at radius 1 is 1.71 bits per heavy atom. The Hall–Kier alpha value is -1.47. The molecule has 0 radical (unpaired) electrons. The number of carbonyl (C=O) groups is 1. The van der Waals surface area contributed by atoms with Gasteiger partial charge in [-0.3, -0.25) is 10.1 Å². The number of nitro groups is 1. The number of carboxylic acids is 1. The molecule has 0 saturated heterocycles. The molecule has 1 unspecified atom stereocenters. The van der Waals surface area contributed by atoms with Crippen molar-refractivity contribution in [2.24, 2.45) is 0 Å². The topological polar surface area (TPSA) is 101 Å². The maximum atomic E-state index is 10.7. The Labute approximate surface area is 82.6 Å². The van der Waals surface area contributed by atoms with Crippen molar-refractivity contribution in [3.63, 3.8) is 0 Å². The summed E-state index contributed by atoms with van der Waals surface area (Å²) in [4.78, 5) is 20.1. The summed E-state index contributed by atoms with van der Waals surface area (Å²) in [6, 6.07) is 2.87. The Morgan fingerprint density at radius 2 is 2.36 bits per heavy atom. The van der Waals surface area contributed by atoms with Crippen LogP contribution in [-0.4, -0.2) is 27.7 Å². The lowest BCUT2D eigenvalue weighted by Crippen LogP contribution is -2.41. The minimum absolute atomic E-state index is 0.0571. The van der Waals surface area contributed by atoms with E-state index in [-0.39, 0.29) is 4.88 Å². The van der Waals surface area contributed by atoms with Gasteiger partial charge in [0, 0.05) is 4.92 Å². The fraction of sp³-hybridized carbons (Fsp3) is 0.286. The lowest BCUT2D eigenvalue weighted by atomic mass is 10.0. The van der Waals surface area contributed by atoms with Gasteiger partial charge in [-0.25, -0.2) is 4.79 Å². The van der Waals surface area contributed by atoms with Crippen LogP contribution >= 0.6 is 11.3 Å². The molecule has 0 aliphatic rings. The highest BCUT2D eigenvalue weighted by molar-refractivity contribution is 7.10. The summed E-state index contributed by atoms with van der Waals surface area (Å²) >= 11 is 0.965. The Bertz CT molecular complexity index is 349. The summed E-state index contributed by atoms with van der Waals surface area (Å²) in [5.41, 5.74) is -2.42. The van der Waals surface area contributed by atoms with Crippen LogP contribution in [0.5, 0.6) is 0 Å². The molecule has 0 spiro atoms. The second kappa shape index (κ2) is 3.72. The van der Waals surface area contributed by atoms with Gasteiger partial charge in [-0.15, -0.1) is 11.3 Å². The van der Waals surface area contributed by atoms with Crippen molar-refractivity contribution < 1.29 is 19.9 Å². The Balaban J connectivity index is 3.05. The summed E-state index contributed by atoms with van der Waals surface area (Å²) in [6.45, 7) is -1.04. The van der Waals surface area contributed by atoms with Gasteiger partial charge in [-0.1, -0.05) is 6.07 Å². The quantitative estimate of drug-likeness (QED) is 0.557. The molecular weight excluding hydrogens is 210 g/mol. The summed E-state index contributed by atoms with van der Waals surface area (Å²) in [7, 11) is 0. The van der Waals surface area contributed by atoms with Gasteiger partial charge in [0.15, 0.2) is 0 Å². The van der Waals surface area contributed by atoms with Gasteiger partial charge in [0.1, 0.15) is 0 Å². The zero-order valence-corrected chi connectivity index (χ0v) is 7.73. The molecule has 1 rings (SSSR count). The number of thiophene rings is 1. The molecule has 2 N–H and O–H groups in total. The number of hydrogen-bond acceptors (Lipinski definition) is 5. The number of hydrogen-bond donors (Lipinski definition) is 2. The monoisotopic (exact) mass is 217 g/mol. The normalized spacial score (nSPS) is 14.6. The summed E-state index contributed by atoms with van der Waals surface area (Å²) < 4.78 is 0. The molecule has 0 aromatic carbocycles. The maximum Gasteiger partial charge on any atom is 0.348 e. The smallest absolute Gasteiger partial charge is 0.348 e. The first-order valence-electron chi connectivity index (χ1n) is 3.58. The van der Waals surface area contributed by atoms with Crippen LogP contribution in [0.1, 0.15) is 4.88 Å². The summed E-state index contributed by atoms with van der Waals surface area (Å²) in [5, 5.41) is 30.0. The van der Waals surface area contributed by atoms with E-state index >= 15 is 0 Å². The van der Waals surface area contributed by atoms with E-state index in [1.54, 1.807) is 5.38 Å². The number of aliphatic hydroxyl groups is 1. The molecule has 0 aliphatic carbocycles. The molecule has 0 fully saturated rings. The van der Waals surface area contributed by atoms with Gasteiger partial charge in [0.2, 0.25) is 6.54 Å². The first kappa shape index (κ1) is 10.6. The minimum Gasteiger partial charge on any atom is -0.479 e. The molecule has 6 nitrogen and oxygen atoms in total. The average Bonchev–Trinajstić information content (AvgIpc) is 2.53. The van der Waals surface area contributed by atoms with E-state index in [1.165, 1.54) is 12.1 Å². The van der Waals surface area contributed by atoms with Crippen LogP contribution in [0.3, 0.4) is 0 Å². The highest BCUT2D eigenvalue weighted by Gasteiger charge is 2.44. The van der Waals surface area contributed by atoms with Gasteiger partial charge in [0.25, 0.3) is 5.60 Å². The molecule has 14 heavy (non-hydrogen) atoms. The third kappa shape index (κ3) is 1.88. The molecule has 0 amide bonds. The van der Waals surface area contributed by atoms with Crippen molar-refractivity contribution in [2.75, 3.05) is 6.54 Å². The molecule has 1 heterocycles. The molecule has 7 heteroatoms. The molecule has 1 aromatic rings. The molecule has 1 aromatic heterocycles. The predicted octanol–water partition coefficient (Wildman–Crippen LogP) is 0.297. The molecule has 0 saturated carbocycles. The minimum atomic E-state index is -2.42. The van der Waals surface area contributed by atoms with E-state index in [1.807, 2.05) is 0 Å². The maximum absolute atomic E-state index is 10.7. The fourth-order valence-corrected chi connectivity index (χ4v) is 1.76. The van der Waals surface area contributed by atoms with Crippen molar-refractivity contribution in [3.05, 3.63) is 32.5 Å². The van der Waals surface area contributed by atoms with Crippen molar-refractivity contribution in [1.29, 1.82) is 0 Å². The van der Waals surface area contributed by atoms with Crippen LogP contribution < -0.4 is 0 Å². The molecule has 0 aliphatic heterocycles. The van der Waals surface area contributed by atoms with E-state index in [0.29, 0.717) is 0 Å². The van der Waals surface area contributed by atoms with Gasteiger partial charge in [-0.05, 0) is 11.4 Å². The number of carboxylic acid groups (broad SMARTS) is 1. The largest absolute Gasteiger partial charge is 0.479 e. The van der Waals surface area contributed by atoms with E-state index in [9.17, 15) is 20.0 Å². The Morgan fingerprint density at radius 3 is 2.71 bits per heavy atom. The molecule has 1 atom stereocenters. The Kier molecular flexibility index (Phi) is 2.82. The van der Waals surface area contributed by atoms with Crippen LogP contribution in [-0.2, 0) is 10.4 Å². The molecule has 76 valence electrons. The van der Waals surface area contributed by atoms with Crippen LogP contribution in [0.2, 0.25) is 0 Å². The second-order valence-electron chi connectivity index (χ2n) is 2.63. The van der Waals surface area contributed by atoms with Crippen LogP contribution in [0, 0.1) is 10.1 Å². The third-order valence-electron chi connectivity index (χ3n) is 1.64. The van der Waals surface area contributed by atoms with E-state index in [0.717, 1.165) is 11.3 Å². The van der Waals surface area contributed by atoms with Crippen LogP contribution in [0.4, 0.5) is 0 Å². The summed E-state index contributed by atoms with van der Waals surface area (Å²) in [6.07, 6.45) is 0. The van der Waals surface area contributed by atoms with E-state index < -0.39 is 23.0 Å². The first-order valence-corrected chi connectivity index (χ1v) is 4.46. The van der Waals surface area contributed by atoms with Gasteiger partial charge < -0.3 is 10.2 Å². The zero-order chi connectivity index (χ0) is 10.8. The van der Waals surface area contributed by atoms with Crippen molar-refractivity contribution in [1.82, 2.24) is 0 Å². The number of rotatable bonds is 4. The highest BCUT2D eigenvalue weighted by Crippen LogP contribution is 2.26. The lowest BCUT2D eigenvalue weighted by molar-refractivity contribution is -0.499. The second-order valence-corrected chi connectivity index (χ2v) is 3.58. The first-order chi connectivity index (χ1) is 6.47. The van der Waals surface area contributed by atoms with Gasteiger partial charge in [-0.2, -0.15) is 0 Å². The van der Waals surface area contributed by atoms with E-state index in [4.69, 9.17) is 5.11 Å². The summed E-state index contributed by atoms with van der Waals surface area (Å²) in [5.74, 6) is -1.61. The molecular formula is C7H7NO5S. The van der Waals surface area contributed by atoms with E-state index in [2.05, 4.69) is 0 Å². The fourth-order valence-electron chi connectivity index (χ4n) is 0.952. The molecule has 0 bridgehead atoms. The van der Waals surface area contributed by atoms with Crippen molar-refractivity contribution in [3.8, 4) is 0 Å². The lowest BCUT2D eigenvalue weighted by Gasteiger charge is -2.16. The van der Waals surface area contributed by atoms with Crippen LogP contribution in [0.15, 0.2) is 17.5 Å². The van der Waals surface area contributed by atoms with Crippen LogP contribution in [0.25, 0.3) is 0 Å². The van der Waals surface area contributed by atoms with Crippen molar-refractivity contribution >= 4 is 17.3 Å². The predicted molar refractivity (Wildman–Crippen MR) is 47.7 cm³/mol. The number of nitrogens with zero attached hydrogens (tertiary/aromatic N) is 1.